The Balaban J connectivity index is 1.76. The largest absolute Gasteiger partial charge is 0.366 e. The fraction of sp³-hybridized carbons (Fsp3) is 0.0556. The number of nitrogens with two attached hydrogens (primary N) is 1. The molecule has 0 fully saturated rings. The van der Waals surface area contributed by atoms with Crippen LogP contribution in [0.3, 0.4) is 0 Å². The molecule has 0 atom stereocenters. The highest BCUT2D eigenvalue weighted by atomic mass is 35.5. The summed E-state index contributed by atoms with van der Waals surface area (Å²) in [5.74, 6) is 0.0179. The molecular weight excluding hydrogens is 359 g/mol. The van der Waals surface area contributed by atoms with Crippen LogP contribution in [0.1, 0.15) is 15.9 Å². The van der Waals surface area contributed by atoms with Gasteiger partial charge in [0.1, 0.15) is 0 Å². The highest BCUT2D eigenvalue weighted by Crippen LogP contribution is 2.21. The molecule has 0 unspecified atom stereocenters. The number of nitrogens with one attached hydrogen (secondary N) is 1. The van der Waals surface area contributed by atoms with Gasteiger partial charge in [-0.25, -0.2) is 9.97 Å². The van der Waals surface area contributed by atoms with E-state index in [0.29, 0.717) is 28.1 Å². The van der Waals surface area contributed by atoms with Crippen molar-refractivity contribution in [3.63, 3.8) is 0 Å². The lowest BCUT2D eigenvalue weighted by molar-refractivity contribution is 0.100. The number of carbonyl (C=O) groups excluding carboxylic acids is 1. The van der Waals surface area contributed by atoms with Crippen LogP contribution in [0.15, 0.2) is 54.7 Å². The van der Waals surface area contributed by atoms with Crippen molar-refractivity contribution in [3.05, 3.63) is 75.9 Å². The molecule has 0 bridgehead atoms. The van der Waals surface area contributed by atoms with Gasteiger partial charge < -0.3 is 11.1 Å². The van der Waals surface area contributed by atoms with Gasteiger partial charge in [0.05, 0.1) is 5.69 Å². The number of carbonyl (C=O) groups is 1. The second-order valence-corrected chi connectivity index (χ2v) is 6.21. The zero-order valence-electron chi connectivity index (χ0n) is 13.0. The molecule has 0 aliphatic rings. The lowest BCUT2D eigenvalue weighted by Gasteiger charge is -2.08. The van der Waals surface area contributed by atoms with Gasteiger partial charge in [0.2, 0.25) is 11.9 Å². The van der Waals surface area contributed by atoms with E-state index in [4.69, 9.17) is 28.9 Å². The summed E-state index contributed by atoms with van der Waals surface area (Å²) in [5.41, 5.74) is 8.23. The Morgan fingerprint density at radius 2 is 1.72 bits per heavy atom. The van der Waals surface area contributed by atoms with Crippen molar-refractivity contribution < 1.29 is 4.79 Å². The number of halogens is 2. The van der Waals surface area contributed by atoms with E-state index in [1.54, 1.807) is 42.6 Å². The molecule has 1 heterocycles. The summed E-state index contributed by atoms with van der Waals surface area (Å²) in [6.45, 7) is 0.490. The van der Waals surface area contributed by atoms with E-state index in [1.807, 2.05) is 12.1 Å². The first-order chi connectivity index (χ1) is 12.0. The predicted molar refractivity (Wildman–Crippen MR) is 99.8 cm³/mol. The fourth-order valence-electron chi connectivity index (χ4n) is 2.30. The molecule has 0 saturated heterocycles. The van der Waals surface area contributed by atoms with Crippen molar-refractivity contribution in [2.45, 2.75) is 6.54 Å². The van der Waals surface area contributed by atoms with Crippen LogP contribution >= 0.6 is 23.2 Å². The third-order valence-corrected chi connectivity index (χ3v) is 3.93. The number of anilines is 1. The first-order valence-corrected chi connectivity index (χ1v) is 8.19. The van der Waals surface area contributed by atoms with E-state index in [2.05, 4.69) is 15.3 Å². The second kappa shape index (κ2) is 7.51. The Morgan fingerprint density at radius 3 is 2.36 bits per heavy atom. The molecule has 5 nitrogen and oxygen atoms in total. The maximum Gasteiger partial charge on any atom is 0.248 e. The minimum absolute atomic E-state index is 0.453. The molecule has 0 saturated carbocycles. The number of primary amides is 1. The Kier molecular flexibility index (Phi) is 5.16. The van der Waals surface area contributed by atoms with E-state index < -0.39 is 5.91 Å². The summed E-state index contributed by atoms with van der Waals surface area (Å²) < 4.78 is 0. The lowest BCUT2D eigenvalue weighted by Crippen LogP contribution is -2.10. The number of nitrogens with zero attached hydrogens (tertiary/aromatic N) is 2. The van der Waals surface area contributed by atoms with E-state index in [9.17, 15) is 4.79 Å². The van der Waals surface area contributed by atoms with Gasteiger partial charge in [0.15, 0.2) is 0 Å². The molecule has 25 heavy (non-hydrogen) atoms. The molecule has 126 valence electrons. The van der Waals surface area contributed by atoms with E-state index in [1.165, 1.54) is 0 Å². The van der Waals surface area contributed by atoms with Crippen molar-refractivity contribution in [2.24, 2.45) is 5.73 Å². The van der Waals surface area contributed by atoms with E-state index in [0.717, 1.165) is 16.8 Å². The average molecular weight is 373 g/mol. The summed E-state index contributed by atoms with van der Waals surface area (Å²) >= 11 is 12.0. The maximum atomic E-state index is 11.1. The number of hydrogen-bond acceptors (Lipinski definition) is 4. The zero-order valence-corrected chi connectivity index (χ0v) is 14.6. The Labute approximate surface area is 154 Å². The summed E-state index contributed by atoms with van der Waals surface area (Å²) in [7, 11) is 0. The van der Waals surface area contributed by atoms with Gasteiger partial charge in [-0.1, -0.05) is 35.3 Å². The molecule has 1 amide bonds. The quantitative estimate of drug-likeness (QED) is 0.704. The van der Waals surface area contributed by atoms with Crippen molar-refractivity contribution >= 4 is 35.1 Å². The molecule has 0 spiro atoms. The lowest BCUT2D eigenvalue weighted by atomic mass is 10.1. The summed E-state index contributed by atoms with van der Waals surface area (Å²) in [6.07, 6.45) is 1.66. The minimum Gasteiger partial charge on any atom is -0.366 e. The van der Waals surface area contributed by atoms with Gasteiger partial charge in [0, 0.05) is 33.9 Å². The zero-order chi connectivity index (χ0) is 17.8. The fourth-order valence-corrected chi connectivity index (χ4v) is 2.88. The topological polar surface area (TPSA) is 80.9 Å². The van der Waals surface area contributed by atoms with Gasteiger partial charge >= 0.3 is 0 Å². The predicted octanol–water partition coefficient (Wildman–Crippen LogP) is 4.16. The Hall–Kier alpha value is -2.63. The van der Waals surface area contributed by atoms with Crippen molar-refractivity contribution in [3.8, 4) is 11.3 Å². The van der Waals surface area contributed by atoms with Crippen LogP contribution in [-0.2, 0) is 6.54 Å². The molecular formula is C18H14Cl2N4O. The summed E-state index contributed by atoms with van der Waals surface area (Å²) in [5, 5.41) is 4.30. The van der Waals surface area contributed by atoms with Crippen LogP contribution in [0.4, 0.5) is 5.95 Å². The molecule has 1 aromatic heterocycles. The Morgan fingerprint density at radius 1 is 1.04 bits per heavy atom. The number of aromatic nitrogens is 2. The molecule has 3 N–H and O–H groups in total. The first-order valence-electron chi connectivity index (χ1n) is 7.43. The van der Waals surface area contributed by atoms with Crippen molar-refractivity contribution in [1.82, 2.24) is 9.97 Å². The molecule has 0 radical (unpaired) electrons. The van der Waals surface area contributed by atoms with Gasteiger partial charge in [-0.3, -0.25) is 4.79 Å². The van der Waals surface area contributed by atoms with E-state index >= 15 is 0 Å². The molecule has 3 aromatic rings. The van der Waals surface area contributed by atoms with Crippen molar-refractivity contribution in [1.29, 1.82) is 0 Å². The molecule has 2 aromatic carbocycles. The second-order valence-electron chi connectivity index (χ2n) is 5.34. The molecule has 0 aliphatic carbocycles. The van der Waals surface area contributed by atoms with Crippen LogP contribution in [0, 0.1) is 0 Å². The first kappa shape index (κ1) is 17.2. The van der Waals surface area contributed by atoms with Gasteiger partial charge in [-0.2, -0.15) is 0 Å². The number of rotatable bonds is 5. The highest BCUT2D eigenvalue weighted by molar-refractivity contribution is 6.34. The molecule has 7 heteroatoms. The standard InChI is InChI=1S/C18H14Cl2N4O/c19-14-7-11(8-15(20)9-14)10-23-18-22-6-5-16(24-18)12-1-3-13(4-2-12)17(21)25/h1-9H,10H2,(H2,21,25)(H,22,23,24). The molecule has 3 rings (SSSR count). The van der Waals surface area contributed by atoms with Crippen LogP contribution < -0.4 is 11.1 Å². The van der Waals surface area contributed by atoms with Gasteiger partial charge in [-0.05, 0) is 42.0 Å². The van der Waals surface area contributed by atoms with Crippen LogP contribution in [0.25, 0.3) is 11.3 Å². The van der Waals surface area contributed by atoms with Crippen molar-refractivity contribution in [2.75, 3.05) is 5.32 Å². The smallest absolute Gasteiger partial charge is 0.248 e. The number of amides is 1. The third-order valence-electron chi connectivity index (χ3n) is 3.49. The van der Waals surface area contributed by atoms with Gasteiger partial charge in [0.25, 0.3) is 0 Å². The summed E-state index contributed by atoms with van der Waals surface area (Å²) in [6, 6.07) is 14.0. The SMILES string of the molecule is NC(=O)c1ccc(-c2ccnc(NCc3cc(Cl)cc(Cl)c3)n2)cc1. The van der Waals surface area contributed by atoms with Crippen LogP contribution in [-0.4, -0.2) is 15.9 Å². The normalized spacial score (nSPS) is 10.5. The number of benzene rings is 2. The highest BCUT2D eigenvalue weighted by Gasteiger charge is 2.05. The van der Waals surface area contributed by atoms with Crippen LogP contribution in [0.2, 0.25) is 10.0 Å². The number of hydrogen-bond donors (Lipinski definition) is 2. The third kappa shape index (κ3) is 4.47. The van der Waals surface area contributed by atoms with Crippen LogP contribution in [0.5, 0.6) is 0 Å². The average Bonchev–Trinajstić information content (AvgIpc) is 2.59. The minimum atomic E-state index is -0.461. The maximum absolute atomic E-state index is 11.1. The Bertz CT molecular complexity index is 893. The summed E-state index contributed by atoms with van der Waals surface area (Å²) in [4.78, 5) is 19.8. The monoisotopic (exact) mass is 372 g/mol. The molecule has 0 aliphatic heterocycles. The van der Waals surface area contributed by atoms with Gasteiger partial charge in [-0.15, -0.1) is 0 Å². The van der Waals surface area contributed by atoms with E-state index in [-0.39, 0.29) is 0 Å².